The van der Waals surface area contributed by atoms with Gasteiger partial charge in [-0.05, 0) is 30.7 Å². The molecule has 132 valence electrons. The Hall–Kier alpha value is -3.36. The largest absolute Gasteiger partial charge is 0.358 e. The molecular formula is C17H16FN7O. The lowest BCUT2D eigenvalue weighted by Gasteiger charge is -2.13. The van der Waals surface area contributed by atoms with E-state index in [9.17, 15) is 4.39 Å². The minimum atomic E-state index is -0.379. The normalized spacial score (nSPS) is 12.4. The van der Waals surface area contributed by atoms with Crippen molar-refractivity contribution in [2.24, 2.45) is 0 Å². The first-order valence-electron chi connectivity index (χ1n) is 8.20. The molecule has 0 saturated heterocycles. The fraction of sp³-hybridized carbons (Fsp3) is 0.235. The van der Waals surface area contributed by atoms with E-state index in [0.29, 0.717) is 34.6 Å². The zero-order valence-corrected chi connectivity index (χ0v) is 14.2. The quantitative estimate of drug-likeness (QED) is 0.589. The van der Waals surface area contributed by atoms with E-state index in [1.165, 1.54) is 10.6 Å². The summed E-state index contributed by atoms with van der Waals surface area (Å²) in [6.45, 7) is 3.75. The van der Waals surface area contributed by atoms with Crippen molar-refractivity contribution < 1.29 is 8.91 Å². The fourth-order valence-corrected chi connectivity index (χ4v) is 2.66. The Morgan fingerprint density at radius 2 is 2.04 bits per heavy atom. The standard InChI is InChI=1S/C17H16FN7O/c1-3-13(16-19-10(2)26-24-16)20-14-8-9-15-21-22-17(25(15)23-14)11-6-4-5-7-12(11)18/h4-9,13H,3H2,1-2H3,(H,20,23). The zero-order chi connectivity index (χ0) is 18.1. The van der Waals surface area contributed by atoms with Crippen LogP contribution in [0.3, 0.4) is 0 Å². The van der Waals surface area contributed by atoms with Crippen molar-refractivity contribution in [1.29, 1.82) is 0 Å². The summed E-state index contributed by atoms with van der Waals surface area (Å²) in [5.41, 5.74) is 0.864. The van der Waals surface area contributed by atoms with Gasteiger partial charge in [0.1, 0.15) is 11.6 Å². The van der Waals surface area contributed by atoms with Crippen molar-refractivity contribution in [3.8, 4) is 11.4 Å². The van der Waals surface area contributed by atoms with Gasteiger partial charge in [-0.2, -0.15) is 9.50 Å². The molecule has 3 aromatic heterocycles. The molecule has 0 radical (unpaired) electrons. The monoisotopic (exact) mass is 353 g/mol. The summed E-state index contributed by atoms with van der Waals surface area (Å²) in [4.78, 5) is 4.26. The van der Waals surface area contributed by atoms with Gasteiger partial charge < -0.3 is 9.84 Å². The summed E-state index contributed by atoms with van der Waals surface area (Å²) in [7, 11) is 0. The van der Waals surface area contributed by atoms with E-state index in [1.54, 1.807) is 37.3 Å². The molecule has 4 rings (SSSR count). The summed E-state index contributed by atoms with van der Waals surface area (Å²) in [5.74, 6) is 1.60. The number of hydrogen-bond acceptors (Lipinski definition) is 7. The van der Waals surface area contributed by atoms with Gasteiger partial charge in [0.05, 0.1) is 11.6 Å². The van der Waals surface area contributed by atoms with Crippen LogP contribution in [0.5, 0.6) is 0 Å². The second-order valence-corrected chi connectivity index (χ2v) is 5.77. The molecule has 0 aliphatic rings. The SMILES string of the molecule is CCC(Nc1ccc2nnc(-c3ccccc3F)n2n1)c1noc(C)n1. The van der Waals surface area contributed by atoms with Crippen LogP contribution in [0.1, 0.15) is 31.1 Å². The molecular weight excluding hydrogens is 337 g/mol. The van der Waals surface area contributed by atoms with Crippen molar-refractivity contribution in [3.63, 3.8) is 0 Å². The van der Waals surface area contributed by atoms with E-state index < -0.39 is 0 Å². The number of benzene rings is 1. The van der Waals surface area contributed by atoms with Gasteiger partial charge in [-0.25, -0.2) is 4.39 Å². The number of anilines is 1. The van der Waals surface area contributed by atoms with Crippen LogP contribution in [0, 0.1) is 12.7 Å². The van der Waals surface area contributed by atoms with E-state index in [4.69, 9.17) is 4.52 Å². The van der Waals surface area contributed by atoms with Gasteiger partial charge in [0.2, 0.25) is 5.89 Å². The molecule has 4 aromatic rings. The number of aryl methyl sites for hydroxylation is 1. The van der Waals surface area contributed by atoms with Crippen LogP contribution in [-0.2, 0) is 0 Å². The maximum atomic E-state index is 14.1. The first-order valence-corrected chi connectivity index (χ1v) is 8.20. The summed E-state index contributed by atoms with van der Waals surface area (Å²) >= 11 is 0. The molecule has 1 unspecified atom stereocenters. The maximum absolute atomic E-state index is 14.1. The number of nitrogens with zero attached hydrogens (tertiary/aromatic N) is 6. The van der Waals surface area contributed by atoms with Gasteiger partial charge in [-0.1, -0.05) is 24.2 Å². The third kappa shape index (κ3) is 2.87. The third-order valence-corrected chi connectivity index (χ3v) is 3.96. The molecule has 0 aliphatic carbocycles. The Labute approximate surface area is 148 Å². The van der Waals surface area contributed by atoms with Crippen molar-refractivity contribution in [1.82, 2.24) is 30.0 Å². The van der Waals surface area contributed by atoms with Crippen molar-refractivity contribution in [2.45, 2.75) is 26.3 Å². The topological polar surface area (TPSA) is 94.0 Å². The number of aromatic nitrogens is 6. The predicted molar refractivity (Wildman–Crippen MR) is 91.9 cm³/mol. The average Bonchev–Trinajstić information content (AvgIpc) is 3.26. The Kier molecular flexibility index (Phi) is 4.04. The van der Waals surface area contributed by atoms with E-state index in [1.807, 2.05) is 6.92 Å². The average molecular weight is 353 g/mol. The van der Waals surface area contributed by atoms with Crippen LogP contribution in [0.15, 0.2) is 40.9 Å². The van der Waals surface area contributed by atoms with Crippen molar-refractivity contribution in [2.75, 3.05) is 5.32 Å². The van der Waals surface area contributed by atoms with Crippen LogP contribution in [0.2, 0.25) is 0 Å². The Morgan fingerprint density at radius 1 is 1.19 bits per heavy atom. The van der Waals surface area contributed by atoms with E-state index in [2.05, 4.69) is 30.8 Å². The first-order chi connectivity index (χ1) is 12.7. The van der Waals surface area contributed by atoms with Crippen LogP contribution in [-0.4, -0.2) is 30.0 Å². The van der Waals surface area contributed by atoms with Crippen LogP contribution in [0.25, 0.3) is 17.0 Å². The number of rotatable bonds is 5. The lowest BCUT2D eigenvalue weighted by Crippen LogP contribution is -2.13. The summed E-state index contributed by atoms with van der Waals surface area (Å²) in [5, 5.41) is 19.8. The number of hydrogen-bond donors (Lipinski definition) is 1. The fourth-order valence-electron chi connectivity index (χ4n) is 2.66. The van der Waals surface area contributed by atoms with Gasteiger partial charge in [0.25, 0.3) is 0 Å². The molecule has 0 amide bonds. The van der Waals surface area contributed by atoms with Crippen LogP contribution in [0.4, 0.5) is 10.2 Å². The van der Waals surface area contributed by atoms with Gasteiger partial charge in [0, 0.05) is 6.92 Å². The lowest BCUT2D eigenvalue weighted by molar-refractivity contribution is 0.384. The predicted octanol–water partition coefficient (Wildman–Crippen LogP) is 3.19. The second kappa shape index (κ2) is 6.51. The number of halogens is 1. The van der Waals surface area contributed by atoms with Gasteiger partial charge >= 0.3 is 0 Å². The summed E-state index contributed by atoms with van der Waals surface area (Å²) < 4.78 is 20.7. The van der Waals surface area contributed by atoms with Gasteiger partial charge in [-0.3, -0.25) is 0 Å². The molecule has 1 N–H and O–H groups in total. The maximum Gasteiger partial charge on any atom is 0.223 e. The summed E-state index contributed by atoms with van der Waals surface area (Å²) in [6.07, 6.45) is 0.737. The highest BCUT2D eigenvalue weighted by Crippen LogP contribution is 2.23. The van der Waals surface area contributed by atoms with E-state index >= 15 is 0 Å². The summed E-state index contributed by atoms with van der Waals surface area (Å²) in [6, 6.07) is 9.78. The molecule has 0 spiro atoms. The van der Waals surface area contributed by atoms with Crippen molar-refractivity contribution >= 4 is 11.5 Å². The first kappa shape index (κ1) is 16.1. The third-order valence-electron chi connectivity index (χ3n) is 3.96. The molecule has 0 saturated carbocycles. The van der Waals surface area contributed by atoms with Gasteiger partial charge in [-0.15, -0.1) is 15.3 Å². The second-order valence-electron chi connectivity index (χ2n) is 5.77. The smallest absolute Gasteiger partial charge is 0.223 e. The minimum Gasteiger partial charge on any atom is -0.358 e. The molecule has 0 bridgehead atoms. The highest BCUT2D eigenvalue weighted by molar-refractivity contribution is 5.60. The lowest BCUT2D eigenvalue weighted by atomic mass is 10.2. The molecule has 0 fully saturated rings. The Morgan fingerprint density at radius 3 is 2.77 bits per heavy atom. The zero-order valence-electron chi connectivity index (χ0n) is 14.2. The Balaban J connectivity index is 1.71. The highest BCUT2D eigenvalue weighted by Gasteiger charge is 2.18. The molecule has 1 atom stereocenters. The van der Waals surface area contributed by atoms with Crippen LogP contribution >= 0.6 is 0 Å². The van der Waals surface area contributed by atoms with Crippen molar-refractivity contribution in [3.05, 3.63) is 53.9 Å². The minimum absolute atomic E-state index is 0.161. The molecule has 1 aromatic carbocycles. The van der Waals surface area contributed by atoms with E-state index in [-0.39, 0.29) is 11.9 Å². The number of nitrogens with one attached hydrogen (secondary N) is 1. The van der Waals surface area contributed by atoms with E-state index in [0.717, 1.165) is 6.42 Å². The number of fused-ring (bicyclic) bond motifs is 1. The van der Waals surface area contributed by atoms with Crippen LogP contribution < -0.4 is 5.32 Å². The molecule has 26 heavy (non-hydrogen) atoms. The molecule has 8 nitrogen and oxygen atoms in total. The van der Waals surface area contributed by atoms with Gasteiger partial charge in [0.15, 0.2) is 17.3 Å². The molecule has 3 heterocycles. The molecule has 9 heteroatoms. The highest BCUT2D eigenvalue weighted by atomic mass is 19.1. The molecule has 0 aliphatic heterocycles. The Bertz CT molecular complexity index is 1060.